The lowest BCUT2D eigenvalue weighted by atomic mass is 9.82. The molecule has 0 saturated heterocycles. The van der Waals surface area contributed by atoms with Crippen LogP contribution in [0.4, 0.5) is 5.69 Å². The predicted octanol–water partition coefficient (Wildman–Crippen LogP) is 2.94. The molecule has 45 heavy (non-hydrogen) atoms. The Bertz CT molecular complexity index is 1710. The van der Waals surface area contributed by atoms with Crippen molar-refractivity contribution in [3.05, 3.63) is 88.6 Å². The third-order valence-corrected chi connectivity index (χ3v) is 8.97. The Morgan fingerprint density at radius 3 is 2.58 bits per heavy atom. The van der Waals surface area contributed by atoms with Crippen molar-refractivity contribution in [1.29, 1.82) is 0 Å². The number of ether oxygens (including phenoxy) is 1. The minimum atomic E-state index is -4.20. The molecule has 0 spiro atoms. The highest BCUT2D eigenvalue weighted by molar-refractivity contribution is 7.85. The Morgan fingerprint density at radius 1 is 1.09 bits per heavy atom. The molecule has 0 amide bonds. The van der Waals surface area contributed by atoms with Crippen LogP contribution in [-0.2, 0) is 23.1 Å². The third-order valence-electron chi connectivity index (χ3n) is 8.12. The van der Waals surface area contributed by atoms with E-state index in [1.54, 1.807) is 48.8 Å². The van der Waals surface area contributed by atoms with Crippen molar-refractivity contribution >= 4 is 15.8 Å². The van der Waals surface area contributed by atoms with Crippen LogP contribution in [0.1, 0.15) is 55.8 Å². The van der Waals surface area contributed by atoms with E-state index in [2.05, 4.69) is 20.7 Å². The molecule has 2 aromatic heterocycles. The van der Waals surface area contributed by atoms with E-state index in [0.717, 1.165) is 29.9 Å². The third kappa shape index (κ3) is 8.75. The van der Waals surface area contributed by atoms with Crippen LogP contribution in [0.5, 0.6) is 5.75 Å². The van der Waals surface area contributed by atoms with Crippen LogP contribution < -0.4 is 21.5 Å². The summed E-state index contributed by atoms with van der Waals surface area (Å²) in [6.45, 7) is 1.60. The van der Waals surface area contributed by atoms with Crippen LogP contribution in [0.3, 0.4) is 0 Å². The Kier molecular flexibility index (Phi) is 10.6. The van der Waals surface area contributed by atoms with Gasteiger partial charge in [0.05, 0.1) is 16.7 Å². The number of fused-ring (bicyclic) bond motifs is 1. The molecule has 1 aliphatic carbocycles. The molecular formula is C31H39N7O6S. The first-order chi connectivity index (χ1) is 21.7. The molecular weight excluding hydrogens is 598 g/mol. The van der Waals surface area contributed by atoms with Crippen LogP contribution in [0.15, 0.2) is 76.7 Å². The average Bonchev–Trinajstić information content (AvgIpc) is 3.38. The summed E-state index contributed by atoms with van der Waals surface area (Å²) < 4.78 is 40.1. The summed E-state index contributed by atoms with van der Waals surface area (Å²) in [6.07, 6.45) is 10.2. The molecule has 2 aliphatic rings. The van der Waals surface area contributed by atoms with E-state index in [-0.39, 0.29) is 16.7 Å². The molecule has 2 atom stereocenters. The van der Waals surface area contributed by atoms with E-state index in [0.29, 0.717) is 43.2 Å². The van der Waals surface area contributed by atoms with Gasteiger partial charge in [-0.3, -0.25) is 9.54 Å². The first-order valence-electron chi connectivity index (χ1n) is 15.1. The summed E-state index contributed by atoms with van der Waals surface area (Å²) in [5.74, 6) is 1.48. The number of hydrogen-bond acceptors (Lipinski definition) is 10. The maximum Gasteiger partial charge on any atom is 0.368 e. The lowest BCUT2D eigenvalue weighted by Gasteiger charge is -2.27. The second-order valence-corrected chi connectivity index (χ2v) is 12.8. The van der Waals surface area contributed by atoms with Gasteiger partial charge in [-0.25, -0.2) is 4.79 Å². The highest BCUT2D eigenvalue weighted by Crippen LogP contribution is 2.31. The molecule has 5 N–H and O–H groups in total. The van der Waals surface area contributed by atoms with Gasteiger partial charge in [0.15, 0.2) is 0 Å². The van der Waals surface area contributed by atoms with Gasteiger partial charge in [-0.2, -0.15) is 17.8 Å². The van der Waals surface area contributed by atoms with Crippen molar-refractivity contribution in [2.24, 2.45) is 5.92 Å². The first-order valence-corrected chi connectivity index (χ1v) is 16.6. The minimum Gasteiger partial charge on any atom is -0.489 e. The van der Waals surface area contributed by atoms with E-state index in [1.807, 2.05) is 6.07 Å². The van der Waals surface area contributed by atoms with Gasteiger partial charge in [0.1, 0.15) is 11.9 Å². The normalized spacial score (nSPS) is 16.9. The Balaban J connectivity index is 0.000000182. The van der Waals surface area contributed by atoms with Crippen LogP contribution in [0.25, 0.3) is 5.69 Å². The summed E-state index contributed by atoms with van der Waals surface area (Å²) in [7, 11) is -4.20. The molecule has 1 saturated carbocycles. The number of aliphatic hydroxyl groups excluding tert-OH is 1. The van der Waals surface area contributed by atoms with Crippen molar-refractivity contribution in [2.45, 2.75) is 68.6 Å². The molecule has 1 aliphatic heterocycles. The van der Waals surface area contributed by atoms with Crippen molar-refractivity contribution in [3.63, 3.8) is 0 Å². The Labute approximate surface area is 261 Å². The summed E-state index contributed by atoms with van der Waals surface area (Å²) in [5.41, 5.74) is 8.31. The fourth-order valence-corrected chi connectivity index (χ4v) is 5.83. The van der Waals surface area contributed by atoms with Gasteiger partial charge >= 0.3 is 5.69 Å². The summed E-state index contributed by atoms with van der Waals surface area (Å²) >= 11 is 0. The Morgan fingerprint density at radius 2 is 1.89 bits per heavy atom. The summed E-state index contributed by atoms with van der Waals surface area (Å²) in [5, 5.41) is 21.1. The van der Waals surface area contributed by atoms with Gasteiger partial charge in [0, 0.05) is 43.3 Å². The van der Waals surface area contributed by atoms with Crippen molar-refractivity contribution in [1.82, 2.24) is 30.1 Å². The zero-order chi connectivity index (χ0) is 31.8. The van der Waals surface area contributed by atoms with Gasteiger partial charge in [-0.15, -0.1) is 0 Å². The number of aliphatic hydroxyl groups is 1. The maximum absolute atomic E-state index is 12.2. The van der Waals surface area contributed by atoms with Gasteiger partial charge < -0.3 is 20.9 Å². The van der Waals surface area contributed by atoms with Crippen molar-refractivity contribution in [2.75, 3.05) is 18.8 Å². The quantitative estimate of drug-likeness (QED) is 0.140. The number of pyridine rings is 1. The molecule has 240 valence electrons. The number of nitrogens with two attached hydrogens (primary N) is 1. The van der Waals surface area contributed by atoms with Gasteiger partial charge in [0.2, 0.25) is 0 Å². The SMILES string of the molecule is Nc1ccc(-n2nnn(CCCC3CCC3)c2=O)cc1.O=S(=O)(O)c1ccc2c(c1)CCC(CNCC(O)c1cccnc1)O2. The van der Waals surface area contributed by atoms with Gasteiger partial charge in [-0.05, 0) is 96.1 Å². The summed E-state index contributed by atoms with van der Waals surface area (Å²) in [4.78, 5) is 16.0. The summed E-state index contributed by atoms with van der Waals surface area (Å²) in [6, 6.07) is 15.0. The number of tetrazole rings is 1. The van der Waals surface area contributed by atoms with E-state index in [1.165, 1.54) is 47.2 Å². The molecule has 2 aromatic carbocycles. The van der Waals surface area contributed by atoms with Crippen LogP contribution in [0, 0.1) is 5.92 Å². The molecule has 1 fully saturated rings. The van der Waals surface area contributed by atoms with Crippen molar-refractivity contribution < 1.29 is 22.8 Å². The monoisotopic (exact) mass is 637 g/mol. The zero-order valence-electron chi connectivity index (χ0n) is 24.9. The van der Waals surface area contributed by atoms with E-state index < -0.39 is 16.2 Å². The van der Waals surface area contributed by atoms with Crippen molar-refractivity contribution in [3.8, 4) is 11.4 Å². The molecule has 14 heteroatoms. The fourth-order valence-electron chi connectivity index (χ4n) is 5.30. The lowest BCUT2D eigenvalue weighted by molar-refractivity contribution is 0.146. The van der Waals surface area contributed by atoms with Crippen LogP contribution in [-0.4, -0.2) is 62.0 Å². The fraction of sp³-hybridized carbons (Fsp3) is 0.419. The zero-order valence-corrected chi connectivity index (χ0v) is 25.7. The maximum atomic E-state index is 12.2. The molecule has 6 rings (SSSR count). The number of nitrogens with zero attached hydrogens (tertiary/aromatic N) is 5. The second kappa shape index (κ2) is 14.8. The van der Waals surface area contributed by atoms with E-state index in [4.69, 9.17) is 15.0 Å². The minimum absolute atomic E-state index is 0.0646. The van der Waals surface area contributed by atoms with E-state index >= 15 is 0 Å². The molecule has 2 unspecified atom stereocenters. The Hall–Kier alpha value is -4.11. The molecule has 4 aromatic rings. The molecule has 0 bridgehead atoms. The number of nitrogens with one attached hydrogen (secondary N) is 1. The second-order valence-electron chi connectivity index (χ2n) is 11.4. The molecule has 3 heterocycles. The highest BCUT2D eigenvalue weighted by Gasteiger charge is 2.22. The molecule has 13 nitrogen and oxygen atoms in total. The highest BCUT2D eigenvalue weighted by atomic mass is 32.2. The first kappa shape index (κ1) is 32.3. The van der Waals surface area contributed by atoms with E-state index in [9.17, 15) is 18.3 Å². The van der Waals surface area contributed by atoms with Crippen LogP contribution in [0.2, 0.25) is 0 Å². The van der Waals surface area contributed by atoms with Gasteiger partial charge in [0.25, 0.3) is 10.1 Å². The average molecular weight is 638 g/mol. The molecule has 0 radical (unpaired) electrons. The number of anilines is 1. The van der Waals surface area contributed by atoms with Crippen LogP contribution >= 0.6 is 0 Å². The number of benzene rings is 2. The van der Waals surface area contributed by atoms with Gasteiger partial charge in [-0.1, -0.05) is 25.3 Å². The number of hydrogen-bond donors (Lipinski definition) is 4. The smallest absolute Gasteiger partial charge is 0.368 e. The largest absolute Gasteiger partial charge is 0.489 e. The predicted molar refractivity (Wildman–Crippen MR) is 168 cm³/mol. The topological polar surface area (TPSA) is 187 Å². The number of aryl methyl sites for hydroxylation is 2. The standard InChI is InChI=1S/C17H20N2O5S.C14H19N5O/c20-16(13-2-1-7-18-9-13)11-19-10-14-4-3-12-8-15(25(21,22)23)5-6-17(12)24-14;15-12-6-8-13(9-7-12)19-14(20)18(16-17-19)10-2-5-11-3-1-4-11/h1-2,5-9,14,16,19-20H,3-4,10-11H2,(H,21,22,23);6-9,11H,1-5,10,15H2. The number of nitrogen functional groups attached to an aromatic ring is 1. The number of rotatable bonds is 11. The lowest BCUT2D eigenvalue weighted by Crippen LogP contribution is -2.36. The number of aromatic nitrogens is 5.